The fraction of sp³-hybridized carbons (Fsp3) is 0.357. The van der Waals surface area contributed by atoms with Gasteiger partial charge in [-0.1, -0.05) is 16.4 Å². The number of hydrogen-bond donors (Lipinski definition) is 1. The molecule has 0 spiro atoms. The van der Waals surface area contributed by atoms with Gasteiger partial charge in [-0.3, -0.25) is 4.79 Å². The Balaban J connectivity index is 2.12. The number of primary amides is 1. The number of anilines is 1. The molecule has 2 rings (SSSR count). The zero-order valence-corrected chi connectivity index (χ0v) is 13.0. The molecule has 0 aliphatic rings. The molecule has 0 aliphatic heterocycles. The first kappa shape index (κ1) is 16.2. The van der Waals surface area contributed by atoms with Gasteiger partial charge < -0.3 is 15.4 Å². The van der Waals surface area contributed by atoms with Crippen LogP contribution in [-0.2, 0) is 11.3 Å². The van der Waals surface area contributed by atoms with Crippen LogP contribution in [-0.4, -0.2) is 29.3 Å². The molecule has 2 N–H and O–H groups in total. The topological polar surface area (TPSA) is 81.3 Å². The molecule has 8 heteroatoms. The number of halogens is 1. The number of hydrogen-bond acceptors (Lipinski definition) is 6. The van der Waals surface area contributed by atoms with E-state index in [-0.39, 0.29) is 18.1 Å². The lowest BCUT2D eigenvalue weighted by Gasteiger charge is -2.23. The average Bonchev–Trinajstić information content (AvgIpc) is 2.92. The summed E-state index contributed by atoms with van der Waals surface area (Å²) in [4.78, 5) is 12.9. The molecule has 1 amide bonds. The quantitative estimate of drug-likeness (QED) is 0.803. The molecule has 1 heterocycles. The predicted molar refractivity (Wildman–Crippen MR) is 82.3 cm³/mol. The molecule has 0 unspecified atom stereocenters. The SMILES string of the molecule is CCOc1nnc(CN(CCC(N)=O)c2ccc(F)cc2)s1. The minimum Gasteiger partial charge on any atom is -0.469 e. The van der Waals surface area contributed by atoms with E-state index in [1.54, 1.807) is 12.1 Å². The second-order valence-corrected chi connectivity index (χ2v) is 5.53. The van der Waals surface area contributed by atoms with E-state index in [1.165, 1.54) is 23.5 Å². The normalized spacial score (nSPS) is 10.5. The van der Waals surface area contributed by atoms with Crippen LogP contribution in [0.3, 0.4) is 0 Å². The minimum absolute atomic E-state index is 0.203. The van der Waals surface area contributed by atoms with Crippen LogP contribution < -0.4 is 15.4 Å². The first-order valence-corrected chi connectivity index (χ1v) is 7.64. The summed E-state index contributed by atoms with van der Waals surface area (Å²) in [6.45, 7) is 3.27. The van der Waals surface area contributed by atoms with Crippen molar-refractivity contribution in [2.45, 2.75) is 19.9 Å². The van der Waals surface area contributed by atoms with Crippen molar-refractivity contribution in [1.29, 1.82) is 0 Å². The molecule has 0 fully saturated rings. The summed E-state index contributed by atoms with van der Waals surface area (Å²) in [6, 6.07) is 6.05. The second-order valence-electron chi connectivity index (χ2n) is 4.51. The standard InChI is InChI=1S/C14H17FN4O2S/c1-2-21-14-18-17-13(22-14)9-19(8-7-12(16)20)11-5-3-10(15)4-6-11/h3-6H,2,7-9H2,1H3,(H2,16,20). The molecule has 0 bridgehead atoms. The van der Waals surface area contributed by atoms with E-state index in [4.69, 9.17) is 10.5 Å². The molecular formula is C14H17FN4O2S. The van der Waals surface area contributed by atoms with E-state index in [0.717, 1.165) is 10.7 Å². The molecule has 118 valence electrons. The Kier molecular flexibility index (Phi) is 5.65. The second kappa shape index (κ2) is 7.69. The largest absolute Gasteiger partial charge is 0.469 e. The first-order chi connectivity index (χ1) is 10.6. The summed E-state index contributed by atoms with van der Waals surface area (Å²) in [6.07, 6.45) is 0.203. The maximum Gasteiger partial charge on any atom is 0.294 e. The van der Waals surface area contributed by atoms with Gasteiger partial charge in [0, 0.05) is 18.7 Å². The van der Waals surface area contributed by atoms with Gasteiger partial charge in [-0.25, -0.2) is 4.39 Å². The van der Waals surface area contributed by atoms with Crippen LogP contribution in [0.5, 0.6) is 5.19 Å². The minimum atomic E-state index is -0.389. The Morgan fingerprint density at radius 3 is 2.73 bits per heavy atom. The highest BCUT2D eigenvalue weighted by Crippen LogP contribution is 2.23. The maximum absolute atomic E-state index is 13.0. The number of ether oxygens (including phenoxy) is 1. The summed E-state index contributed by atoms with van der Waals surface area (Å²) in [7, 11) is 0. The van der Waals surface area contributed by atoms with Gasteiger partial charge in [0.2, 0.25) is 5.91 Å². The van der Waals surface area contributed by atoms with Crippen molar-refractivity contribution in [3.8, 4) is 5.19 Å². The van der Waals surface area contributed by atoms with E-state index < -0.39 is 0 Å². The average molecular weight is 324 g/mol. The third kappa shape index (κ3) is 4.66. The third-order valence-electron chi connectivity index (χ3n) is 2.86. The Labute approximate surface area is 131 Å². The summed E-state index contributed by atoms with van der Waals surface area (Å²) in [5, 5.41) is 9.24. The molecule has 0 aliphatic carbocycles. The van der Waals surface area contributed by atoms with Gasteiger partial charge in [-0.05, 0) is 31.2 Å². The molecular weight excluding hydrogens is 307 g/mol. The van der Waals surface area contributed by atoms with E-state index in [2.05, 4.69) is 10.2 Å². The number of benzene rings is 1. The molecule has 2 aromatic rings. The van der Waals surface area contributed by atoms with Gasteiger partial charge in [0.1, 0.15) is 10.8 Å². The summed E-state index contributed by atoms with van der Waals surface area (Å²) < 4.78 is 18.3. The Morgan fingerprint density at radius 1 is 1.36 bits per heavy atom. The fourth-order valence-corrected chi connectivity index (χ4v) is 2.61. The monoisotopic (exact) mass is 324 g/mol. The number of aromatic nitrogens is 2. The number of amides is 1. The lowest BCUT2D eigenvalue weighted by atomic mass is 10.2. The smallest absolute Gasteiger partial charge is 0.294 e. The van der Waals surface area contributed by atoms with Crippen LogP contribution in [0.25, 0.3) is 0 Å². The lowest BCUT2D eigenvalue weighted by molar-refractivity contribution is -0.117. The highest BCUT2D eigenvalue weighted by atomic mass is 32.1. The first-order valence-electron chi connectivity index (χ1n) is 6.82. The summed E-state index contributed by atoms with van der Waals surface area (Å²) in [5.41, 5.74) is 6.00. The lowest BCUT2D eigenvalue weighted by Crippen LogP contribution is -2.27. The number of carbonyl (C=O) groups excluding carboxylic acids is 1. The van der Waals surface area contributed by atoms with Gasteiger partial charge >= 0.3 is 0 Å². The van der Waals surface area contributed by atoms with Crippen LogP contribution in [0.1, 0.15) is 18.4 Å². The van der Waals surface area contributed by atoms with E-state index in [0.29, 0.717) is 24.9 Å². The van der Waals surface area contributed by atoms with Crippen molar-refractivity contribution in [1.82, 2.24) is 10.2 Å². The van der Waals surface area contributed by atoms with Gasteiger partial charge in [0.25, 0.3) is 5.19 Å². The maximum atomic E-state index is 13.0. The highest BCUT2D eigenvalue weighted by Gasteiger charge is 2.13. The third-order valence-corrected chi connectivity index (χ3v) is 3.68. The predicted octanol–water partition coefficient (Wildman–Crippen LogP) is 1.96. The van der Waals surface area contributed by atoms with Crippen LogP contribution in [0.2, 0.25) is 0 Å². The molecule has 0 atom stereocenters. The summed E-state index contributed by atoms with van der Waals surface area (Å²) >= 11 is 1.34. The molecule has 0 saturated carbocycles. The van der Waals surface area contributed by atoms with Gasteiger partial charge in [-0.2, -0.15) is 0 Å². The van der Waals surface area contributed by atoms with Crippen molar-refractivity contribution in [3.05, 3.63) is 35.1 Å². The number of nitrogens with zero attached hydrogens (tertiary/aromatic N) is 3. The van der Waals surface area contributed by atoms with Crippen LogP contribution in [0, 0.1) is 5.82 Å². The number of carbonyl (C=O) groups is 1. The van der Waals surface area contributed by atoms with Crippen LogP contribution in [0.4, 0.5) is 10.1 Å². The van der Waals surface area contributed by atoms with E-state index >= 15 is 0 Å². The van der Waals surface area contributed by atoms with Crippen LogP contribution in [0.15, 0.2) is 24.3 Å². The fourth-order valence-electron chi connectivity index (χ4n) is 1.84. The van der Waals surface area contributed by atoms with Gasteiger partial charge in [0.05, 0.1) is 13.2 Å². The van der Waals surface area contributed by atoms with Gasteiger partial charge in [0.15, 0.2) is 0 Å². The molecule has 6 nitrogen and oxygen atoms in total. The Hall–Kier alpha value is -2.22. The van der Waals surface area contributed by atoms with Crippen LogP contribution >= 0.6 is 11.3 Å². The summed E-state index contributed by atoms with van der Waals surface area (Å²) in [5.74, 6) is -0.701. The number of nitrogens with two attached hydrogens (primary N) is 1. The molecule has 1 aromatic carbocycles. The molecule has 0 radical (unpaired) electrons. The van der Waals surface area contributed by atoms with Crippen molar-refractivity contribution in [2.75, 3.05) is 18.1 Å². The molecule has 1 aromatic heterocycles. The number of rotatable bonds is 8. The van der Waals surface area contributed by atoms with Crippen molar-refractivity contribution < 1.29 is 13.9 Å². The highest BCUT2D eigenvalue weighted by molar-refractivity contribution is 7.13. The van der Waals surface area contributed by atoms with Crippen molar-refractivity contribution in [2.24, 2.45) is 5.73 Å². The Bertz CT molecular complexity index is 618. The van der Waals surface area contributed by atoms with E-state index in [1.807, 2.05) is 11.8 Å². The zero-order chi connectivity index (χ0) is 15.9. The molecule has 0 saturated heterocycles. The Morgan fingerprint density at radius 2 is 2.09 bits per heavy atom. The molecule has 22 heavy (non-hydrogen) atoms. The van der Waals surface area contributed by atoms with Crippen molar-refractivity contribution in [3.63, 3.8) is 0 Å². The van der Waals surface area contributed by atoms with Gasteiger partial charge in [-0.15, -0.1) is 5.10 Å². The van der Waals surface area contributed by atoms with E-state index in [9.17, 15) is 9.18 Å². The van der Waals surface area contributed by atoms with Crippen molar-refractivity contribution >= 4 is 22.9 Å². The zero-order valence-electron chi connectivity index (χ0n) is 12.2.